The molecule has 0 spiro atoms. The van der Waals surface area contributed by atoms with Gasteiger partial charge in [-0.15, -0.1) is 0 Å². The van der Waals surface area contributed by atoms with Crippen LogP contribution in [0.1, 0.15) is 33.7 Å². The molecule has 1 fully saturated rings. The van der Waals surface area contributed by atoms with Crippen molar-refractivity contribution in [2.24, 2.45) is 0 Å². The van der Waals surface area contributed by atoms with Gasteiger partial charge in [-0.25, -0.2) is 4.79 Å². The highest BCUT2D eigenvalue weighted by Gasteiger charge is 2.24. The van der Waals surface area contributed by atoms with Crippen LogP contribution in [0.15, 0.2) is 36.5 Å². The number of benzene rings is 1. The summed E-state index contributed by atoms with van der Waals surface area (Å²) >= 11 is 0. The smallest absolute Gasteiger partial charge is 0.354 e. The lowest BCUT2D eigenvalue weighted by Gasteiger charge is -2.30. The number of rotatable bonds is 4. The van der Waals surface area contributed by atoms with Gasteiger partial charge < -0.3 is 19.9 Å². The number of piperidine rings is 1. The van der Waals surface area contributed by atoms with Crippen molar-refractivity contribution in [3.63, 3.8) is 0 Å². The van der Waals surface area contributed by atoms with Crippen LogP contribution in [-0.4, -0.2) is 54.4 Å². The maximum Gasteiger partial charge on any atom is 0.354 e. The summed E-state index contributed by atoms with van der Waals surface area (Å²) in [6.45, 7) is 0.518. The maximum atomic E-state index is 12.5. The molecule has 1 aromatic heterocycles. The third-order valence-electron chi connectivity index (χ3n) is 4.51. The number of aromatic amines is 1. The van der Waals surface area contributed by atoms with Crippen LogP contribution in [0.3, 0.4) is 0 Å². The minimum atomic E-state index is -0.443. The number of hydrogen-bond acceptors (Lipinski definition) is 4. The van der Waals surface area contributed by atoms with Crippen molar-refractivity contribution in [3.8, 4) is 11.1 Å². The van der Waals surface area contributed by atoms with Crippen LogP contribution in [0, 0.1) is 0 Å². The second-order valence-electron chi connectivity index (χ2n) is 6.36. The average Bonchev–Trinajstić information content (AvgIpc) is 3.14. The molecular weight excluding hydrogens is 334 g/mol. The predicted molar refractivity (Wildman–Crippen MR) is 95.7 cm³/mol. The molecule has 2 heterocycles. The first kappa shape index (κ1) is 17.7. The molecule has 7 nitrogen and oxygen atoms in total. The molecule has 0 bridgehead atoms. The highest BCUT2D eigenvalue weighted by atomic mass is 16.5. The molecule has 2 aromatic rings. The number of likely N-dealkylation sites (tertiary alicyclic amines) is 1. The summed E-state index contributed by atoms with van der Waals surface area (Å²) in [5.74, 6) is -0.518. The topological polar surface area (TPSA) is 91.5 Å². The molecule has 0 aliphatic carbocycles. The zero-order valence-corrected chi connectivity index (χ0v) is 14.7. The predicted octanol–water partition coefficient (Wildman–Crippen LogP) is 1.82. The first-order valence-electron chi connectivity index (χ1n) is 8.40. The molecule has 2 N–H and O–H groups in total. The van der Waals surface area contributed by atoms with E-state index in [1.807, 2.05) is 6.07 Å². The van der Waals surface area contributed by atoms with Crippen molar-refractivity contribution in [1.82, 2.24) is 15.2 Å². The van der Waals surface area contributed by atoms with Gasteiger partial charge in [-0.05, 0) is 30.2 Å². The number of aromatic nitrogens is 1. The van der Waals surface area contributed by atoms with E-state index in [9.17, 15) is 14.4 Å². The largest absolute Gasteiger partial charge is 0.464 e. The summed E-state index contributed by atoms with van der Waals surface area (Å²) < 4.78 is 4.69. The monoisotopic (exact) mass is 355 g/mol. The SMILES string of the molecule is COC(=O)c1cc(-c2cccc(C(=O)N[C@H]3CCC(=O)N(C)C3)c2)c[nH]1. The fourth-order valence-corrected chi connectivity index (χ4v) is 3.03. The van der Waals surface area contributed by atoms with E-state index in [2.05, 4.69) is 15.0 Å². The summed E-state index contributed by atoms with van der Waals surface area (Å²) in [4.78, 5) is 40.2. The Balaban J connectivity index is 1.72. The molecule has 1 atom stereocenters. The van der Waals surface area contributed by atoms with E-state index in [-0.39, 0.29) is 17.9 Å². The third kappa shape index (κ3) is 3.77. The van der Waals surface area contributed by atoms with E-state index in [0.29, 0.717) is 30.6 Å². The van der Waals surface area contributed by atoms with Gasteiger partial charge >= 0.3 is 5.97 Å². The summed E-state index contributed by atoms with van der Waals surface area (Å²) in [6, 6.07) is 8.82. The van der Waals surface area contributed by atoms with Crippen LogP contribution < -0.4 is 5.32 Å². The lowest BCUT2D eigenvalue weighted by atomic mass is 10.0. The van der Waals surface area contributed by atoms with E-state index >= 15 is 0 Å². The van der Waals surface area contributed by atoms with Crippen molar-refractivity contribution in [3.05, 3.63) is 47.8 Å². The normalized spacial score (nSPS) is 17.1. The maximum absolute atomic E-state index is 12.5. The van der Waals surface area contributed by atoms with Crippen LogP contribution in [-0.2, 0) is 9.53 Å². The van der Waals surface area contributed by atoms with Crippen molar-refractivity contribution in [2.75, 3.05) is 20.7 Å². The minimum Gasteiger partial charge on any atom is -0.464 e. The van der Waals surface area contributed by atoms with Gasteiger partial charge in [-0.2, -0.15) is 0 Å². The molecule has 1 aliphatic heterocycles. The van der Waals surface area contributed by atoms with Crippen molar-refractivity contribution in [1.29, 1.82) is 0 Å². The molecule has 7 heteroatoms. The van der Waals surface area contributed by atoms with E-state index in [0.717, 1.165) is 11.1 Å². The Bertz CT molecular complexity index is 843. The van der Waals surface area contributed by atoms with Gasteiger partial charge in [0.05, 0.1) is 7.11 Å². The number of nitrogens with zero attached hydrogens (tertiary/aromatic N) is 1. The zero-order valence-electron chi connectivity index (χ0n) is 14.7. The molecule has 26 heavy (non-hydrogen) atoms. The molecule has 136 valence electrons. The van der Waals surface area contributed by atoms with Crippen LogP contribution in [0.2, 0.25) is 0 Å². The summed E-state index contributed by atoms with van der Waals surface area (Å²) in [6.07, 6.45) is 2.79. The van der Waals surface area contributed by atoms with Crippen LogP contribution in [0.5, 0.6) is 0 Å². The molecule has 0 unspecified atom stereocenters. The number of carbonyl (C=O) groups excluding carboxylic acids is 3. The first-order chi connectivity index (χ1) is 12.5. The average molecular weight is 355 g/mol. The van der Waals surface area contributed by atoms with E-state index in [1.165, 1.54) is 7.11 Å². The number of esters is 1. The lowest BCUT2D eigenvalue weighted by Crippen LogP contribution is -2.48. The number of ether oxygens (including phenoxy) is 1. The first-order valence-corrected chi connectivity index (χ1v) is 8.40. The van der Waals surface area contributed by atoms with Gasteiger partial charge in [0, 0.05) is 43.4 Å². The number of methoxy groups -OCH3 is 1. The van der Waals surface area contributed by atoms with Crippen LogP contribution in [0.4, 0.5) is 0 Å². The van der Waals surface area contributed by atoms with E-state index in [4.69, 9.17) is 0 Å². The fourth-order valence-electron chi connectivity index (χ4n) is 3.03. The van der Waals surface area contributed by atoms with Crippen molar-refractivity contribution >= 4 is 17.8 Å². The standard InChI is InChI=1S/C19H21N3O4/c1-22-11-15(6-7-17(22)23)21-18(24)13-5-3-4-12(8-13)14-9-16(20-10-14)19(25)26-2/h3-5,8-10,15,20H,6-7,11H2,1-2H3,(H,21,24)/t15-/m0/s1. The summed E-state index contributed by atoms with van der Waals surface area (Å²) in [5.41, 5.74) is 2.50. The molecule has 1 aromatic carbocycles. The molecular formula is C19H21N3O4. The fraction of sp³-hybridized carbons (Fsp3) is 0.316. The summed E-state index contributed by atoms with van der Waals surface area (Å²) in [5, 5.41) is 2.98. The zero-order chi connectivity index (χ0) is 18.7. The Morgan fingerprint density at radius 3 is 2.81 bits per heavy atom. The number of likely N-dealkylation sites (N-methyl/N-ethyl adjacent to an activating group) is 1. The number of carbonyl (C=O) groups is 3. The number of hydrogen-bond donors (Lipinski definition) is 2. The van der Waals surface area contributed by atoms with Gasteiger partial charge in [-0.1, -0.05) is 12.1 Å². The Kier molecular flexibility index (Phi) is 5.06. The molecule has 1 aliphatic rings. The van der Waals surface area contributed by atoms with Gasteiger partial charge in [0.1, 0.15) is 5.69 Å². The van der Waals surface area contributed by atoms with Gasteiger partial charge in [0.25, 0.3) is 5.91 Å². The quantitative estimate of drug-likeness (QED) is 0.819. The third-order valence-corrected chi connectivity index (χ3v) is 4.51. The molecule has 1 saturated heterocycles. The van der Waals surface area contributed by atoms with Crippen molar-refractivity contribution < 1.29 is 19.1 Å². The number of amides is 2. The highest BCUT2D eigenvalue weighted by molar-refractivity contribution is 5.96. The second-order valence-corrected chi connectivity index (χ2v) is 6.36. The van der Waals surface area contributed by atoms with E-state index < -0.39 is 5.97 Å². The number of nitrogens with one attached hydrogen (secondary N) is 2. The summed E-state index contributed by atoms with van der Waals surface area (Å²) in [7, 11) is 3.07. The Hall–Kier alpha value is -3.09. The Labute approximate surface area is 151 Å². The molecule has 0 radical (unpaired) electrons. The molecule has 2 amide bonds. The molecule has 3 rings (SSSR count). The van der Waals surface area contributed by atoms with Gasteiger partial charge in [-0.3, -0.25) is 9.59 Å². The van der Waals surface area contributed by atoms with E-state index in [1.54, 1.807) is 42.4 Å². The Morgan fingerprint density at radius 2 is 2.08 bits per heavy atom. The van der Waals surface area contributed by atoms with Gasteiger partial charge in [0.2, 0.25) is 5.91 Å². The Morgan fingerprint density at radius 1 is 1.27 bits per heavy atom. The van der Waals surface area contributed by atoms with Crippen LogP contribution in [0.25, 0.3) is 11.1 Å². The second kappa shape index (κ2) is 7.43. The van der Waals surface area contributed by atoms with Crippen LogP contribution >= 0.6 is 0 Å². The highest BCUT2D eigenvalue weighted by Crippen LogP contribution is 2.22. The number of H-pyrrole nitrogens is 1. The molecule has 0 saturated carbocycles. The van der Waals surface area contributed by atoms with Gasteiger partial charge in [0.15, 0.2) is 0 Å². The van der Waals surface area contributed by atoms with Crippen molar-refractivity contribution in [2.45, 2.75) is 18.9 Å². The minimum absolute atomic E-state index is 0.0490. The lowest BCUT2D eigenvalue weighted by molar-refractivity contribution is -0.132.